The molecule has 0 aliphatic carbocycles. The fourth-order valence-electron chi connectivity index (χ4n) is 1.96. The zero-order valence-corrected chi connectivity index (χ0v) is 14.8. The Morgan fingerprint density at radius 2 is 1.96 bits per heavy atom. The maximum absolute atomic E-state index is 12.1. The van der Waals surface area contributed by atoms with Crippen molar-refractivity contribution in [2.45, 2.75) is 40.0 Å². The van der Waals surface area contributed by atoms with Crippen LogP contribution in [0.3, 0.4) is 0 Å². The molecule has 2 N–H and O–H groups in total. The smallest absolute Gasteiger partial charge is 0.275 e. The molecule has 0 fully saturated rings. The van der Waals surface area contributed by atoms with Gasteiger partial charge in [-0.25, -0.2) is 10.4 Å². The SMILES string of the molecule is C/C(=N\NC(=O)c1ccccc1O)c1sc(C(C)(C)C)nc1C. The van der Waals surface area contributed by atoms with Crippen LogP contribution in [0.1, 0.15) is 53.6 Å². The maximum atomic E-state index is 12.1. The first-order valence-corrected chi connectivity index (χ1v) is 8.12. The van der Waals surface area contributed by atoms with Gasteiger partial charge in [-0.1, -0.05) is 32.9 Å². The summed E-state index contributed by atoms with van der Waals surface area (Å²) in [5, 5.41) is 14.9. The monoisotopic (exact) mass is 331 g/mol. The van der Waals surface area contributed by atoms with Crippen LogP contribution >= 0.6 is 11.3 Å². The first-order chi connectivity index (χ1) is 10.7. The molecule has 122 valence electrons. The van der Waals surface area contributed by atoms with Gasteiger partial charge in [-0.05, 0) is 26.0 Å². The third kappa shape index (κ3) is 3.96. The van der Waals surface area contributed by atoms with Gasteiger partial charge in [-0.15, -0.1) is 11.3 Å². The number of aromatic hydroxyl groups is 1. The van der Waals surface area contributed by atoms with Crippen LogP contribution in [0.2, 0.25) is 0 Å². The van der Waals surface area contributed by atoms with E-state index in [-0.39, 0.29) is 16.7 Å². The van der Waals surface area contributed by atoms with Gasteiger partial charge in [-0.2, -0.15) is 5.10 Å². The summed E-state index contributed by atoms with van der Waals surface area (Å²) in [5.74, 6) is -0.512. The Morgan fingerprint density at radius 1 is 1.30 bits per heavy atom. The molecular formula is C17H21N3O2S. The second-order valence-corrected chi connectivity index (χ2v) is 7.34. The third-order valence-corrected chi connectivity index (χ3v) is 4.93. The van der Waals surface area contributed by atoms with E-state index in [0.717, 1.165) is 15.6 Å². The molecule has 2 aromatic rings. The summed E-state index contributed by atoms with van der Waals surface area (Å²) in [6.07, 6.45) is 0. The van der Waals surface area contributed by atoms with Crippen LogP contribution in [0.5, 0.6) is 5.75 Å². The number of hydrogen-bond acceptors (Lipinski definition) is 5. The number of aromatic nitrogens is 1. The normalized spacial score (nSPS) is 12.3. The molecule has 6 heteroatoms. The molecule has 1 aromatic carbocycles. The lowest BCUT2D eigenvalue weighted by molar-refractivity contribution is 0.0952. The lowest BCUT2D eigenvalue weighted by atomic mass is 9.98. The average Bonchev–Trinajstić information content (AvgIpc) is 2.87. The van der Waals surface area contributed by atoms with Crippen molar-refractivity contribution in [1.29, 1.82) is 0 Å². The molecule has 23 heavy (non-hydrogen) atoms. The Labute approximate surface area is 140 Å². The summed E-state index contributed by atoms with van der Waals surface area (Å²) in [4.78, 5) is 17.6. The van der Waals surface area contributed by atoms with E-state index in [4.69, 9.17) is 0 Å². The van der Waals surface area contributed by atoms with Gasteiger partial charge in [0.25, 0.3) is 5.91 Å². The molecule has 0 aliphatic heterocycles. The van der Waals surface area contributed by atoms with Crippen LogP contribution in [-0.4, -0.2) is 21.7 Å². The molecule has 5 nitrogen and oxygen atoms in total. The number of hydrazone groups is 1. The van der Waals surface area contributed by atoms with Gasteiger partial charge in [0.2, 0.25) is 0 Å². The highest BCUT2D eigenvalue weighted by Crippen LogP contribution is 2.29. The molecule has 1 heterocycles. The Bertz CT molecular complexity index is 757. The molecule has 2 rings (SSSR count). The summed E-state index contributed by atoms with van der Waals surface area (Å²) >= 11 is 1.58. The van der Waals surface area contributed by atoms with Gasteiger partial charge in [0, 0.05) is 5.41 Å². The molecule has 1 amide bonds. The molecular weight excluding hydrogens is 310 g/mol. The third-order valence-electron chi connectivity index (χ3n) is 3.24. The molecule has 0 bridgehead atoms. The summed E-state index contributed by atoms with van der Waals surface area (Å²) in [6.45, 7) is 10.1. The van der Waals surface area contributed by atoms with Crippen LogP contribution < -0.4 is 5.43 Å². The van der Waals surface area contributed by atoms with Crippen molar-refractivity contribution >= 4 is 23.0 Å². The number of carbonyl (C=O) groups excluding carboxylic acids is 1. The number of nitrogens with one attached hydrogen (secondary N) is 1. The lowest BCUT2D eigenvalue weighted by Gasteiger charge is -2.13. The van der Waals surface area contributed by atoms with Crippen molar-refractivity contribution in [2.75, 3.05) is 0 Å². The maximum Gasteiger partial charge on any atom is 0.275 e. The number of rotatable bonds is 3. The first kappa shape index (κ1) is 17.1. The van der Waals surface area contributed by atoms with E-state index in [2.05, 4.69) is 36.3 Å². The number of thiazole rings is 1. The summed E-state index contributed by atoms with van der Waals surface area (Å²) in [6, 6.07) is 6.36. The Morgan fingerprint density at radius 3 is 2.52 bits per heavy atom. The number of benzene rings is 1. The zero-order chi connectivity index (χ0) is 17.2. The lowest BCUT2D eigenvalue weighted by Crippen LogP contribution is -2.19. The van der Waals surface area contributed by atoms with Gasteiger partial charge >= 0.3 is 0 Å². The van der Waals surface area contributed by atoms with Crippen LogP contribution in [0, 0.1) is 6.92 Å². The van der Waals surface area contributed by atoms with Crippen molar-refractivity contribution in [3.63, 3.8) is 0 Å². The molecule has 0 saturated carbocycles. The minimum atomic E-state index is -0.444. The van der Waals surface area contributed by atoms with Gasteiger partial charge < -0.3 is 5.11 Å². The van der Waals surface area contributed by atoms with Gasteiger partial charge in [-0.3, -0.25) is 4.79 Å². The van der Waals surface area contributed by atoms with E-state index >= 15 is 0 Å². The van der Waals surface area contributed by atoms with Crippen molar-refractivity contribution in [3.05, 3.63) is 45.4 Å². The fraction of sp³-hybridized carbons (Fsp3) is 0.353. The van der Waals surface area contributed by atoms with Crippen molar-refractivity contribution in [3.8, 4) is 5.75 Å². The molecule has 0 saturated heterocycles. The summed E-state index contributed by atoms with van der Waals surface area (Å²) in [5.41, 5.74) is 4.25. The minimum absolute atomic E-state index is 0.0208. The zero-order valence-electron chi connectivity index (χ0n) is 14.0. The predicted octanol–water partition coefficient (Wildman–Crippen LogP) is 3.61. The van der Waals surface area contributed by atoms with E-state index in [0.29, 0.717) is 5.71 Å². The summed E-state index contributed by atoms with van der Waals surface area (Å²) < 4.78 is 0. The Hall–Kier alpha value is -2.21. The number of para-hydroxylation sites is 1. The van der Waals surface area contributed by atoms with Crippen LogP contribution in [0.25, 0.3) is 0 Å². The van der Waals surface area contributed by atoms with Crippen LogP contribution in [0.4, 0.5) is 0 Å². The van der Waals surface area contributed by atoms with Crippen molar-refractivity contribution in [1.82, 2.24) is 10.4 Å². The number of phenols is 1. The molecule has 0 unspecified atom stereocenters. The van der Waals surface area contributed by atoms with E-state index in [1.54, 1.807) is 29.5 Å². The number of nitrogens with zero attached hydrogens (tertiary/aromatic N) is 2. The quantitative estimate of drug-likeness (QED) is 0.666. The van der Waals surface area contributed by atoms with Gasteiger partial charge in [0.05, 0.1) is 26.9 Å². The van der Waals surface area contributed by atoms with Gasteiger partial charge in [0.1, 0.15) is 5.75 Å². The van der Waals surface area contributed by atoms with E-state index < -0.39 is 5.91 Å². The van der Waals surface area contributed by atoms with Crippen LogP contribution in [0.15, 0.2) is 29.4 Å². The number of carbonyl (C=O) groups is 1. The topological polar surface area (TPSA) is 74.6 Å². The number of amides is 1. The highest BCUT2D eigenvalue weighted by atomic mass is 32.1. The molecule has 1 aromatic heterocycles. The van der Waals surface area contributed by atoms with E-state index in [1.165, 1.54) is 6.07 Å². The van der Waals surface area contributed by atoms with Crippen molar-refractivity contribution < 1.29 is 9.90 Å². The Kier molecular flexibility index (Phi) is 4.85. The molecule has 0 radical (unpaired) electrons. The Balaban J connectivity index is 2.19. The predicted molar refractivity (Wildman–Crippen MR) is 93.3 cm³/mol. The minimum Gasteiger partial charge on any atom is -0.507 e. The summed E-state index contributed by atoms with van der Waals surface area (Å²) in [7, 11) is 0. The molecule has 0 aliphatic rings. The second-order valence-electron chi connectivity index (χ2n) is 6.34. The standard InChI is InChI=1S/C17H21N3O2S/c1-10-14(23-16(18-10)17(3,4)5)11(2)19-20-15(22)12-8-6-7-9-13(12)21/h6-9,21H,1-5H3,(H,20,22)/b19-11+. The number of hydrogen-bond donors (Lipinski definition) is 2. The largest absolute Gasteiger partial charge is 0.507 e. The second kappa shape index (κ2) is 6.50. The fourth-order valence-corrected chi connectivity index (χ4v) is 3.03. The van der Waals surface area contributed by atoms with Crippen molar-refractivity contribution in [2.24, 2.45) is 5.10 Å². The number of phenolic OH excluding ortho intramolecular Hbond substituents is 1. The first-order valence-electron chi connectivity index (χ1n) is 7.31. The van der Waals surface area contributed by atoms with Crippen LogP contribution in [-0.2, 0) is 5.41 Å². The average molecular weight is 331 g/mol. The highest BCUT2D eigenvalue weighted by Gasteiger charge is 2.21. The van der Waals surface area contributed by atoms with E-state index in [9.17, 15) is 9.90 Å². The number of aryl methyl sites for hydroxylation is 1. The molecule has 0 atom stereocenters. The van der Waals surface area contributed by atoms with Gasteiger partial charge in [0.15, 0.2) is 0 Å². The highest BCUT2D eigenvalue weighted by molar-refractivity contribution is 7.14. The molecule has 0 spiro atoms. The van der Waals surface area contributed by atoms with E-state index in [1.807, 2.05) is 13.8 Å².